The summed E-state index contributed by atoms with van der Waals surface area (Å²) in [5.41, 5.74) is 2.04. The highest BCUT2D eigenvalue weighted by atomic mass is 16.5. The van der Waals surface area contributed by atoms with Gasteiger partial charge in [-0.25, -0.2) is 9.48 Å². The van der Waals surface area contributed by atoms with E-state index in [9.17, 15) is 4.79 Å². The molecule has 142 valence electrons. The molecule has 7 nitrogen and oxygen atoms in total. The Morgan fingerprint density at radius 1 is 1.14 bits per heavy atom. The number of esters is 1. The highest BCUT2D eigenvalue weighted by molar-refractivity contribution is 5.92. The van der Waals surface area contributed by atoms with Crippen LogP contribution >= 0.6 is 0 Å². The zero-order valence-corrected chi connectivity index (χ0v) is 15.6. The first-order valence-corrected chi connectivity index (χ1v) is 9.04. The first kappa shape index (κ1) is 17.8. The Bertz CT molecular complexity index is 1030. The Morgan fingerprint density at radius 3 is 2.71 bits per heavy atom. The lowest BCUT2D eigenvalue weighted by Crippen LogP contribution is -2.29. The van der Waals surface area contributed by atoms with Crippen LogP contribution in [0.2, 0.25) is 0 Å². The van der Waals surface area contributed by atoms with Gasteiger partial charge in [0.1, 0.15) is 23.9 Å². The van der Waals surface area contributed by atoms with E-state index in [0.717, 1.165) is 11.3 Å². The van der Waals surface area contributed by atoms with Crippen LogP contribution < -0.4 is 10.1 Å². The molecule has 0 spiro atoms. The van der Waals surface area contributed by atoms with Gasteiger partial charge in [0.05, 0.1) is 12.2 Å². The highest BCUT2D eigenvalue weighted by Crippen LogP contribution is 2.36. The molecule has 1 aromatic heterocycles. The van der Waals surface area contributed by atoms with Gasteiger partial charge in [-0.1, -0.05) is 30.3 Å². The molecule has 0 aliphatic carbocycles. The van der Waals surface area contributed by atoms with E-state index in [0.29, 0.717) is 29.6 Å². The summed E-state index contributed by atoms with van der Waals surface area (Å²) in [6.07, 6.45) is 1.46. The summed E-state index contributed by atoms with van der Waals surface area (Å²) in [6, 6.07) is 16.7. The van der Waals surface area contributed by atoms with Gasteiger partial charge >= 0.3 is 5.97 Å². The van der Waals surface area contributed by atoms with Crippen LogP contribution in [-0.2, 0) is 9.53 Å². The number of nitrogens with zero attached hydrogens (tertiary/aromatic N) is 3. The van der Waals surface area contributed by atoms with Crippen LogP contribution in [0.5, 0.6) is 11.5 Å². The number of allylic oxidation sites excluding steroid dienone is 1. The summed E-state index contributed by atoms with van der Waals surface area (Å²) in [5.74, 6) is 1.60. The van der Waals surface area contributed by atoms with Crippen LogP contribution in [0.25, 0.3) is 0 Å². The molecule has 0 fully saturated rings. The average Bonchev–Trinajstić information content (AvgIpc) is 3.16. The summed E-state index contributed by atoms with van der Waals surface area (Å²) in [6.45, 7) is 3.92. The smallest absolute Gasteiger partial charge is 0.338 e. The third-order valence-corrected chi connectivity index (χ3v) is 4.44. The molecule has 0 unspecified atom stereocenters. The SMILES string of the molecule is CCOC(=O)C1=C(C)Nc2ncnn2[C@H]1c1cccc(Oc2ccccc2)c1. The van der Waals surface area contributed by atoms with Crippen LogP contribution in [-0.4, -0.2) is 27.3 Å². The maximum Gasteiger partial charge on any atom is 0.338 e. The topological polar surface area (TPSA) is 78.3 Å². The number of nitrogens with one attached hydrogen (secondary N) is 1. The lowest BCUT2D eigenvalue weighted by molar-refractivity contribution is -0.139. The average molecular weight is 376 g/mol. The minimum atomic E-state index is -0.461. The molecule has 1 aliphatic heterocycles. The molecule has 0 bridgehead atoms. The van der Waals surface area contributed by atoms with Crippen molar-refractivity contribution < 1.29 is 14.3 Å². The van der Waals surface area contributed by atoms with Gasteiger partial charge in [0.25, 0.3) is 0 Å². The number of anilines is 1. The molecule has 7 heteroatoms. The maximum absolute atomic E-state index is 12.7. The van der Waals surface area contributed by atoms with Crippen LogP contribution in [0.1, 0.15) is 25.5 Å². The molecule has 2 aromatic carbocycles. The van der Waals surface area contributed by atoms with Crippen molar-refractivity contribution in [2.24, 2.45) is 0 Å². The van der Waals surface area contributed by atoms with E-state index in [4.69, 9.17) is 9.47 Å². The second kappa shape index (κ2) is 7.56. The van der Waals surface area contributed by atoms with E-state index in [-0.39, 0.29) is 5.97 Å². The molecule has 4 rings (SSSR count). The van der Waals surface area contributed by atoms with Gasteiger partial charge in [0, 0.05) is 5.70 Å². The number of para-hydroxylation sites is 1. The molecule has 1 aliphatic rings. The monoisotopic (exact) mass is 376 g/mol. The zero-order chi connectivity index (χ0) is 19.5. The zero-order valence-electron chi connectivity index (χ0n) is 15.6. The third-order valence-electron chi connectivity index (χ3n) is 4.44. The Hall–Kier alpha value is -3.61. The number of ether oxygens (including phenoxy) is 2. The fourth-order valence-corrected chi connectivity index (χ4v) is 3.25. The van der Waals surface area contributed by atoms with Crippen LogP contribution in [0.15, 0.2) is 72.2 Å². The highest BCUT2D eigenvalue weighted by Gasteiger charge is 2.34. The van der Waals surface area contributed by atoms with Gasteiger partial charge in [-0.3, -0.25) is 0 Å². The first-order valence-electron chi connectivity index (χ1n) is 9.04. The Kier molecular flexibility index (Phi) is 4.80. The number of carbonyl (C=O) groups is 1. The minimum Gasteiger partial charge on any atom is -0.463 e. The van der Waals surface area contributed by atoms with Crippen molar-refractivity contribution in [3.05, 3.63) is 77.8 Å². The first-order chi connectivity index (χ1) is 13.7. The number of rotatable bonds is 5. The quantitative estimate of drug-likeness (QED) is 0.680. The van der Waals surface area contributed by atoms with E-state index in [1.807, 2.05) is 61.5 Å². The molecule has 3 aromatic rings. The van der Waals surface area contributed by atoms with Crippen molar-refractivity contribution in [2.45, 2.75) is 19.9 Å². The molecule has 2 heterocycles. The number of carbonyl (C=O) groups excluding carboxylic acids is 1. The normalized spacial score (nSPS) is 15.6. The van der Waals surface area contributed by atoms with Gasteiger partial charge in [0.15, 0.2) is 0 Å². The number of fused-ring (bicyclic) bond motifs is 1. The van der Waals surface area contributed by atoms with Crippen molar-refractivity contribution in [1.82, 2.24) is 14.8 Å². The molecule has 0 saturated carbocycles. The van der Waals surface area contributed by atoms with E-state index < -0.39 is 6.04 Å². The van der Waals surface area contributed by atoms with Gasteiger partial charge in [-0.2, -0.15) is 10.1 Å². The van der Waals surface area contributed by atoms with E-state index in [1.165, 1.54) is 6.33 Å². The number of aromatic nitrogens is 3. The lowest BCUT2D eigenvalue weighted by Gasteiger charge is -2.28. The number of hydrogen-bond acceptors (Lipinski definition) is 6. The molecule has 28 heavy (non-hydrogen) atoms. The van der Waals surface area contributed by atoms with Crippen LogP contribution in [0.3, 0.4) is 0 Å². The van der Waals surface area contributed by atoms with Crippen LogP contribution in [0.4, 0.5) is 5.95 Å². The third kappa shape index (κ3) is 3.34. The van der Waals surface area contributed by atoms with Gasteiger partial charge in [-0.15, -0.1) is 0 Å². The summed E-state index contributed by atoms with van der Waals surface area (Å²) in [5, 5.41) is 7.44. The largest absolute Gasteiger partial charge is 0.463 e. The van der Waals surface area contributed by atoms with Gasteiger partial charge in [-0.05, 0) is 43.7 Å². The van der Waals surface area contributed by atoms with Crippen molar-refractivity contribution in [2.75, 3.05) is 11.9 Å². The fraction of sp³-hybridized carbons (Fsp3) is 0.190. The molecule has 0 radical (unpaired) electrons. The molecular weight excluding hydrogens is 356 g/mol. The Labute approximate surface area is 162 Å². The molecular formula is C21H20N4O3. The number of hydrogen-bond donors (Lipinski definition) is 1. The summed E-state index contributed by atoms with van der Waals surface area (Å²) in [7, 11) is 0. The second-order valence-corrected chi connectivity index (χ2v) is 6.30. The molecule has 0 amide bonds. The van der Waals surface area contributed by atoms with Crippen molar-refractivity contribution in [3.63, 3.8) is 0 Å². The second-order valence-electron chi connectivity index (χ2n) is 6.30. The maximum atomic E-state index is 12.7. The Balaban J connectivity index is 1.75. The Morgan fingerprint density at radius 2 is 1.93 bits per heavy atom. The van der Waals surface area contributed by atoms with Crippen molar-refractivity contribution >= 4 is 11.9 Å². The number of benzene rings is 2. The van der Waals surface area contributed by atoms with Crippen molar-refractivity contribution in [3.8, 4) is 11.5 Å². The van der Waals surface area contributed by atoms with Gasteiger partial charge < -0.3 is 14.8 Å². The fourth-order valence-electron chi connectivity index (χ4n) is 3.25. The summed E-state index contributed by atoms with van der Waals surface area (Å²) < 4.78 is 12.9. The lowest BCUT2D eigenvalue weighted by atomic mass is 9.95. The predicted molar refractivity (Wildman–Crippen MR) is 104 cm³/mol. The predicted octanol–water partition coefficient (Wildman–Crippen LogP) is 3.92. The van der Waals surface area contributed by atoms with E-state index in [2.05, 4.69) is 15.4 Å². The van der Waals surface area contributed by atoms with E-state index in [1.54, 1.807) is 11.6 Å². The summed E-state index contributed by atoms with van der Waals surface area (Å²) in [4.78, 5) is 16.9. The molecule has 1 N–H and O–H groups in total. The van der Waals surface area contributed by atoms with Crippen LogP contribution in [0, 0.1) is 0 Å². The minimum absolute atomic E-state index is 0.295. The summed E-state index contributed by atoms with van der Waals surface area (Å²) >= 11 is 0. The van der Waals surface area contributed by atoms with Gasteiger partial charge in [0.2, 0.25) is 5.95 Å². The van der Waals surface area contributed by atoms with Crippen molar-refractivity contribution in [1.29, 1.82) is 0 Å². The standard InChI is InChI=1S/C21H20N4O3/c1-3-27-20(26)18-14(2)24-21-22-13-23-25(21)19(18)15-8-7-11-17(12-15)28-16-9-5-4-6-10-16/h4-13,19H,3H2,1-2H3,(H,22,23,24)/t19-/m0/s1. The molecule has 1 atom stereocenters. The van der Waals surface area contributed by atoms with E-state index >= 15 is 0 Å². The molecule has 0 saturated heterocycles.